The van der Waals surface area contributed by atoms with Gasteiger partial charge in [-0.2, -0.15) is 0 Å². The van der Waals surface area contributed by atoms with Crippen LogP contribution in [0.5, 0.6) is 5.75 Å². The zero-order valence-electron chi connectivity index (χ0n) is 11.2. The summed E-state index contributed by atoms with van der Waals surface area (Å²) in [6, 6.07) is 11.0. The van der Waals surface area contributed by atoms with Crippen LogP contribution in [0.1, 0.15) is 17.3 Å². The molecule has 108 valence electrons. The Kier molecular flexibility index (Phi) is 4.45. The molecule has 0 saturated heterocycles. The largest absolute Gasteiger partial charge is 0.507 e. The lowest BCUT2D eigenvalue weighted by Crippen LogP contribution is -2.12. The van der Waals surface area contributed by atoms with E-state index in [1.54, 1.807) is 24.3 Å². The summed E-state index contributed by atoms with van der Waals surface area (Å²) in [6.07, 6.45) is 0. The molecule has 0 aliphatic carbocycles. The molecule has 0 saturated carbocycles. The van der Waals surface area contributed by atoms with E-state index in [-0.39, 0.29) is 17.2 Å². The van der Waals surface area contributed by atoms with Crippen molar-refractivity contribution in [3.05, 3.63) is 53.1 Å². The average Bonchev–Trinajstić information content (AvgIpc) is 2.37. The Morgan fingerprint density at radius 2 is 1.76 bits per heavy atom. The first-order valence-electron chi connectivity index (χ1n) is 6.13. The maximum Gasteiger partial charge on any atom is 0.259 e. The van der Waals surface area contributed by atoms with Crippen LogP contribution < -0.4 is 10.6 Å². The molecular weight excluding hydrogens is 292 g/mol. The number of hydrogen-bond donors (Lipinski definition) is 3. The van der Waals surface area contributed by atoms with Crippen molar-refractivity contribution >= 4 is 34.8 Å². The second kappa shape index (κ2) is 6.28. The molecule has 3 N–H and O–H groups in total. The normalized spacial score (nSPS) is 10.0. The summed E-state index contributed by atoms with van der Waals surface area (Å²) in [5.41, 5.74) is 1.04. The van der Waals surface area contributed by atoms with Crippen LogP contribution in [0.4, 0.5) is 11.4 Å². The van der Waals surface area contributed by atoms with Crippen molar-refractivity contribution in [1.29, 1.82) is 0 Å². The van der Waals surface area contributed by atoms with Gasteiger partial charge in [0.25, 0.3) is 5.91 Å². The van der Waals surface area contributed by atoms with Gasteiger partial charge in [-0.1, -0.05) is 17.7 Å². The Hall–Kier alpha value is -2.53. The predicted molar refractivity (Wildman–Crippen MR) is 81.8 cm³/mol. The van der Waals surface area contributed by atoms with E-state index in [1.165, 1.54) is 25.1 Å². The van der Waals surface area contributed by atoms with Crippen molar-refractivity contribution in [2.24, 2.45) is 0 Å². The number of carbonyl (C=O) groups excluding carboxylic acids is 2. The Balaban J connectivity index is 2.17. The fraction of sp³-hybridized carbons (Fsp3) is 0.0667. The van der Waals surface area contributed by atoms with Gasteiger partial charge in [-0.15, -0.1) is 0 Å². The van der Waals surface area contributed by atoms with E-state index in [0.717, 1.165) is 0 Å². The number of halogens is 1. The van der Waals surface area contributed by atoms with Crippen molar-refractivity contribution in [1.82, 2.24) is 0 Å². The molecule has 0 unspecified atom stereocenters. The summed E-state index contributed by atoms with van der Waals surface area (Å²) in [4.78, 5) is 23.0. The first-order valence-corrected chi connectivity index (χ1v) is 6.51. The third-order valence-electron chi connectivity index (χ3n) is 2.65. The molecule has 0 aliphatic rings. The van der Waals surface area contributed by atoms with E-state index in [4.69, 9.17) is 11.6 Å². The standard InChI is InChI=1S/C15H13ClN2O3/c1-9(19)17-12-5-6-13(14(20)8-12)15(21)18-11-4-2-3-10(16)7-11/h2-8,20H,1H3,(H,17,19)(H,18,21). The van der Waals surface area contributed by atoms with Gasteiger partial charge < -0.3 is 15.7 Å². The van der Waals surface area contributed by atoms with Crippen LogP contribution in [-0.2, 0) is 4.79 Å². The Labute approximate surface area is 126 Å². The molecule has 21 heavy (non-hydrogen) atoms. The van der Waals surface area contributed by atoms with Crippen LogP contribution in [0.2, 0.25) is 5.02 Å². The van der Waals surface area contributed by atoms with Gasteiger partial charge in [-0.25, -0.2) is 0 Å². The van der Waals surface area contributed by atoms with Crippen LogP contribution in [0.3, 0.4) is 0 Å². The number of rotatable bonds is 3. The Morgan fingerprint density at radius 3 is 2.38 bits per heavy atom. The van der Waals surface area contributed by atoms with Gasteiger partial charge in [-0.05, 0) is 30.3 Å². The number of aromatic hydroxyl groups is 1. The molecule has 0 aromatic heterocycles. The lowest BCUT2D eigenvalue weighted by atomic mass is 10.1. The summed E-state index contributed by atoms with van der Waals surface area (Å²) < 4.78 is 0. The van der Waals surface area contributed by atoms with E-state index in [2.05, 4.69) is 10.6 Å². The van der Waals surface area contributed by atoms with Gasteiger partial charge in [0.05, 0.1) is 5.56 Å². The molecule has 2 aromatic carbocycles. The second-order valence-electron chi connectivity index (χ2n) is 4.38. The SMILES string of the molecule is CC(=O)Nc1ccc(C(=O)Nc2cccc(Cl)c2)c(O)c1. The lowest BCUT2D eigenvalue weighted by molar-refractivity contribution is -0.114. The van der Waals surface area contributed by atoms with Gasteiger partial charge in [0.1, 0.15) is 5.75 Å². The summed E-state index contributed by atoms with van der Waals surface area (Å²) in [5, 5.41) is 15.5. The average molecular weight is 305 g/mol. The number of benzene rings is 2. The minimum atomic E-state index is -0.468. The number of carbonyl (C=O) groups is 2. The fourth-order valence-electron chi connectivity index (χ4n) is 1.77. The minimum Gasteiger partial charge on any atom is -0.507 e. The summed E-state index contributed by atoms with van der Waals surface area (Å²) in [7, 11) is 0. The lowest BCUT2D eigenvalue weighted by Gasteiger charge is -2.09. The molecule has 2 rings (SSSR count). The number of phenolic OH excluding ortho intramolecular Hbond substituents is 1. The number of anilines is 2. The van der Waals surface area contributed by atoms with Crippen LogP contribution in [0, 0.1) is 0 Å². The van der Waals surface area contributed by atoms with Crippen LogP contribution >= 0.6 is 11.6 Å². The quantitative estimate of drug-likeness (QED) is 0.814. The van der Waals surface area contributed by atoms with Gasteiger partial charge in [0.15, 0.2) is 0 Å². The maximum absolute atomic E-state index is 12.1. The van der Waals surface area contributed by atoms with Gasteiger partial charge in [-0.3, -0.25) is 9.59 Å². The molecule has 5 nitrogen and oxygen atoms in total. The highest BCUT2D eigenvalue weighted by Crippen LogP contribution is 2.23. The summed E-state index contributed by atoms with van der Waals surface area (Å²) in [5.74, 6) is -0.949. The molecule has 6 heteroatoms. The van der Waals surface area contributed by atoms with Crippen molar-refractivity contribution in [2.75, 3.05) is 10.6 Å². The highest BCUT2D eigenvalue weighted by atomic mass is 35.5. The zero-order valence-corrected chi connectivity index (χ0v) is 11.9. The molecule has 0 atom stereocenters. The first kappa shape index (κ1) is 14.9. The van der Waals surface area contributed by atoms with E-state index in [9.17, 15) is 14.7 Å². The van der Waals surface area contributed by atoms with E-state index in [1.807, 2.05) is 0 Å². The van der Waals surface area contributed by atoms with Crippen LogP contribution in [0.25, 0.3) is 0 Å². The van der Waals surface area contributed by atoms with Crippen molar-refractivity contribution < 1.29 is 14.7 Å². The molecule has 2 amide bonds. The van der Waals surface area contributed by atoms with Crippen LogP contribution in [0.15, 0.2) is 42.5 Å². The van der Waals surface area contributed by atoms with Gasteiger partial charge in [0.2, 0.25) is 5.91 Å². The molecule has 2 aromatic rings. The third kappa shape index (κ3) is 3.97. The molecule has 0 fully saturated rings. The summed E-state index contributed by atoms with van der Waals surface area (Å²) >= 11 is 5.83. The van der Waals surface area contributed by atoms with Gasteiger partial charge >= 0.3 is 0 Å². The highest BCUT2D eigenvalue weighted by Gasteiger charge is 2.12. The molecular formula is C15H13ClN2O3. The molecule has 0 bridgehead atoms. The van der Waals surface area contributed by atoms with Crippen molar-refractivity contribution in [2.45, 2.75) is 6.92 Å². The number of nitrogens with one attached hydrogen (secondary N) is 2. The number of hydrogen-bond acceptors (Lipinski definition) is 3. The van der Waals surface area contributed by atoms with Crippen molar-refractivity contribution in [3.8, 4) is 5.75 Å². The second-order valence-corrected chi connectivity index (χ2v) is 4.81. The monoisotopic (exact) mass is 304 g/mol. The molecule has 0 heterocycles. The van der Waals surface area contributed by atoms with Crippen molar-refractivity contribution in [3.63, 3.8) is 0 Å². The third-order valence-corrected chi connectivity index (χ3v) is 2.88. The number of amides is 2. The van der Waals surface area contributed by atoms with Crippen LogP contribution in [-0.4, -0.2) is 16.9 Å². The maximum atomic E-state index is 12.1. The number of phenols is 1. The van der Waals surface area contributed by atoms with E-state index < -0.39 is 5.91 Å². The smallest absolute Gasteiger partial charge is 0.259 e. The topological polar surface area (TPSA) is 78.4 Å². The first-order chi connectivity index (χ1) is 9.95. The predicted octanol–water partition coefficient (Wildman–Crippen LogP) is 3.26. The molecule has 0 aliphatic heterocycles. The van der Waals surface area contributed by atoms with E-state index in [0.29, 0.717) is 16.4 Å². The zero-order chi connectivity index (χ0) is 15.4. The fourth-order valence-corrected chi connectivity index (χ4v) is 1.96. The minimum absolute atomic E-state index is 0.101. The van der Waals surface area contributed by atoms with Gasteiger partial charge in [0, 0.05) is 29.4 Å². The Morgan fingerprint density at radius 1 is 1.05 bits per heavy atom. The Bertz CT molecular complexity index is 701. The highest BCUT2D eigenvalue weighted by molar-refractivity contribution is 6.31. The summed E-state index contributed by atoms with van der Waals surface area (Å²) in [6.45, 7) is 1.36. The molecule has 0 radical (unpaired) electrons. The molecule has 0 spiro atoms. The van der Waals surface area contributed by atoms with E-state index >= 15 is 0 Å².